The number of hydrogen-bond acceptors (Lipinski definition) is 3. The standard InChI is InChI=1S/C9H17N3O4/c1-3-12(2)9(16)11-6(8(14)15)4-5-7(10)13/h6H,3-5H2,1-2H3,(H2,10,13)(H,11,16)(H,14,15). The normalized spacial score (nSPS) is 11.6. The van der Waals surface area contributed by atoms with E-state index in [1.54, 1.807) is 14.0 Å². The third-order valence-electron chi connectivity index (χ3n) is 2.10. The van der Waals surface area contributed by atoms with Crippen LogP contribution < -0.4 is 11.1 Å². The minimum atomic E-state index is -1.18. The van der Waals surface area contributed by atoms with Crippen molar-refractivity contribution in [3.8, 4) is 0 Å². The molecule has 0 aliphatic carbocycles. The number of nitrogens with two attached hydrogens (primary N) is 1. The first kappa shape index (κ1) is 14.2. The zero-order valence-corrected chi connectivity index (χ0v) is 9.40. The molecule has 4 N–H and O–H groups in total. The lowest BCUT2D eigenvalue weighted by atomic mass is 10.1. The Morgan fingerprint density at radius 2 is 2.00 bits per heavy atom. The average molecular weight is 231 g/mol. The fourth-order valence-electron chi connectivity index (χ4n) is 0.947. The minimum Gasteiger partial charge on any atom is -0.480 e. The predicted molar refractivity (Wildman–Crippen MR) is 56.7 cm³/mol. The number of hydrogen-bond donors (Lipinski definition) is 3. The van der Waals surface area contributed by atoms with Crippen molar-refractivity contribution >= 4 is 17.9 Å². The molecule has 1 unspecified atom stereocenters. The van der Waals surface area contributed by atoms with E-state index in [1.807, 2.05) is 0 Å². The lowest BCUT2D eigenvalue weighted by molar-refractivity contribution is -0.139. The number of carbonyl (C=O) groups excluding carboxylic acids is 2. The smallest absolute Gasteiger partial charge is 0.326 e. The molecule has 0 radical (unpaired) electrons. The molecule has 7 heteroatoms. The van der Waals surface area contributed by atoms with Gasteiger partial charge in [0.2, 0.25) is 5.91 Å². The number of amides is 3. The lowest BCUT2D eigenvalue weighted by Crippen LogP contribution is -2.46. The molecule has 0 bridgehead atoms. The highest BCUT2D eigenvalue weighted by atomic mass is 16.4. The van der Waals surface area contributed by atoms with E-state index in [0.29, 0.717) is 6.54 Å². The van der Waals surface area contributed by atoms with Crippen molar-refractivity contribution in [2.24, 2.45) is 5.73 Å². The van der Waals surface area contributed by atoms with Gasteiger partial charge >= 0.3 is 12.0 Å². The molecule has 0 aliphatic heterocycles. The van der Waals surface area contributed by atoms with Gasteiger partial charge in [-0.15, -0.1) is 0 Å². The summed E-state index contributed by atoms with van der Waals surface area (Å²) < 4.78 is 0. The van der Waals surface area contributed by atoms with Crippen molar-refractivity contribution in [2.45, 2.75) is 25.8 Å². The van der Waals surface area contributed by atoms with Crippen LogP contribution in [0.1, 0.15) is 19.8 Å². The Labute approximate surface area is 93.6 Å². The van der Waals surface area contributed by atoms with Crippen LogP contribution in [0.15, 0.2) is 0 Å². The molecule has 16 heavy (non-hydrogen) atoms. The van der Waals surface area contributed by atoms with E-state index in [9.17, 15) is 14.4 Å². The Bertz CT molecular complexity index is 280. The van der Waals surface area contributed by atoms with Crippen LogP contribution >= 0.6 is 0 Å². The van der Waals surface area contributed by atoms with Crippen molar-refractivity contribution in [3.05, 3.63) is 0 Å². The monoisotopic (exact) mass is 231 g/mol. The number of rotatable bonds is 6. The summed E-state index contributed by atoms with van der Waals surface area (Å²) in [5.41, 5.74) is 4.90. The SMILES string of the molecule is CCN(C)C(=O)NC(CCC(N)=O)C(=O)O. The molecule has 0 rings (SSSR count). The van der Waals surface area contributed by atoms with Gasteiger partial charge in [-0.25, -0.2) is 9.59 Å². The van der Waals surface area contributed by atoms with Crippen LogP contribution in [0.4, 0.5) is 4.79 Å². The molecule has 0 aromatic rings. The Kier molecular flexibility index (Phi) is 5.91. The van der Waals surface area contributed by atoms with Gasteiger partial charge in [0.25, 0.3) is 0 Å². The highest BCUT2D eigenvalue weighted by Gasteiger charge is 2.21. The molecule has 0 spiro atoms. The molecule has 0 aromatic carbocycles. The van der Waals surface area contributed by atoms with E-state index in [2.05, 4.69) is 5.32 Å². The number of carboxylic acids is 1. The van der Waals surface area contributed by atoms with Gasteiger partial charge in [0.15, 0.2) is 0 Å². The minimum absolute atomic E-state index is 0.00599. The molecule has 0 aliphatic rings. The van der Waals surface area contributed by atoms with Crippen LogP contribution in [-0.4, -0.2) is 47.5 Å². The topological polar surface area (TPSA) is 113 Å². The molecule has 1 atom stereocenters. The first-order chi connectivity index (χ1) is 7.38. The van der Waals surface area contributed by atoms with Gasteiger partial charge in [0, 0.05) is 20.0 Å². The van der Waals surface area contributed by atoms with Gasteiger partial charge < -0.3 is 21.1 Å². The molecule has 7 nitrogen and oxygen atoms in total. The van der Waals surface area contributed by atoms with Crippen molar-refractivity contribution < 1.29 is 19.5 Å². The Morgan fingerprint density at radius 3 is 2.38 bits per heavy atom. The molecular weight excluding hydrogens is 214 g/mol. The van der Waals surface area contributed by atoms with Crippen LogP contribution in [0, 0.1) is 0 Å². The van der Waals surface area contributed by atoms with Crippen molar-refractivity contribution in [1.29, 1.82) is 0 Å². The van der Waals surface area contributed by atoms with Crippen LogP contribution in [0.3, 0.4) is 0 Å². The second-order valence-corrected chi connectivity index (χ2v) is 3.36. The van der Waals surface area contributed by atoms with Gasteiger partial charge in [-0.05, 0) is 13.3 Å². The molecule has 0 fully saturated rings. The number of carboxylic acid groups (broad SMARTS) is 1. The summed E-state index contributed by atoms with van der Waals surface area (Å²) in [6, 6.07) is -1.58. The Balaban J connectivity index is 4.28. The number of nitrogens with one attached hydrogen (secondary N) is 1. The zero-order valence-electron chi connectivity index (χ0n) is 9.40. The molecule has 92 valence electrons. The van der Waals surface area contributed by atoms with Crippen molar-refractivity contribution in [2.75, 3.05) is 13.6 Å². The first-order valence-corrected chi connectivity index (χ1v) is 4.91. The van der Waals surface area contributed by atoms with E-state index in [-0.39, 0.29) is 12.8 Å². The van der Waals surface area contributed by atoms with Crippen molar-refractivity contribution in [1.82, 2.24) is 10.2 Å². The average Bonchev–Trinajstić information content (AvgIpc) is 2.21. The molecule has 0 heterocycles. The van der Waals surface area contributed by atoms with E-state index < -0.39 is 23.9 Å². The number of nitrogens with zero attached hydrogens (tertiary/aromatic N) is 1. The van der Waals surface area contributed by atoms with E-state index in [4.69, 9.17) is 10.8 Å². The lowest BCUT2D eigenvalue weighted by Gasteiger charge is -2.19. The van der Waals surface area contributed by atoms with Crippen LogP contribution in [0.2, 0.25) is 0 Å². The highest BCUT2D eigenvalue weighted by Crippen LogP contribution is 1.98. The summed E-state index contributed by atoms with van der Waals surface area (Å²) in [6.45, 7) is 2.23. The van der Waals surface area contributed by atoms with E-state index in [1.165, 1.54) is 4.90 Å². The zero-order chi connectivity index (χ0) is 12.7. The van der Waals surface area contributed by atoms with Gasteiger partial charge in [-0.2, -0.15) is 0 Å². The number of aliphatic carboxylic acids is 1. The maximum absolute atomic E-state index is 11.4. The fourth-order valence-corrected chi connectivity index (χ4v) is 0.947. The van der Waals surface area contributed by atoms with Gasteiger partial charge in [-0.1, -0.05) is 0 Å². The third kappa shape index (κ3) is 5.18. The van der Waals surface area contributed by atoms with E-state index in [0.717, 1.165) is 0 Å². The van der Waals surface area contributed by atoms with Crippen LogP contribution in [0.25, 0.3) is 0 Å². The summed E-state index contributed by atoms with van der Waals surface area (Å²) in [5.74, 6) is -1.77. The Morgan fingerprint density at radius 1 is 1.44 bits per heavy atom. The van der Waals surface area contributed by atoms with Crippen molar-refractivity contribution in [3.63, 3.8) is 0 Å². The predicted octanol–water partition coefficient (Wildman–Crippen LogP) is -0.634. The summed E-state index contributed by atoms with van der Waals surface area (Å²) in [5, 5.41) is 11.1. The summed E-state index contributed by atoms with van der Waals surface area (Å²) in [6.07, 6.45) is -0.0823. The second-order valence-electron chi connectivity index (χ2n) is 3.36. The summed E-state index contributed by atoms with van der Waals surface area (Å²) in [4.78, 5) is 34.0. The summed E-state index contributed by atoms with van der Waals surface area (Å²) in [7, 11) is 1.54. The molecule has 0 aromatic heterocycles. The Hall–Kier alpha value is -1.79. The molecule has 3 amide bonds. The molecular formula is C9H17N3O4. The fraction of sp³-hybridized carbons (Fsp3) is 0.667. The third-order valence-corrected chi connectivity index (χ3v) is 2.10. The number of urea groups is 1. The maximum Gasteiger partial charge on any atom is 0.326 e. The number of primary amides is 1. The van der Waals surface area contributed by atoms with Gasteiger partial charge in [0.05, 0.1) is 0 Å². The van der Waals surface area contributed by atoms with Gasteiger partial charge in [-0.3, -0.25) is 4.79 Å². The first-order valence-electron chi connectivity index (χ1n) is 4.91. The number of carbonyl (C=O) groups is 3. The van der Waals surface area contributed by atoms with E-state index >= 15 is 0 Å². The second kappa shape index (κ2) is 6.65. The summed E-state index contributed by atoms with van der Waals surface area (Å²) >= 11 is 0. The highest BCUT2D eigenvalue weighted by molar-refractivity contribution is 5.83. The molecule has 0 saturated heterocycles. The molecule has 0 saturated carbocycles. The largest absolute Gasteiger partial charge is 0.480 e. The van der Waals surface area contributed by atoms with Gasteiger partial charge in [0.1, 0.15) is 6.04 Å². The maximum atomic E-state index is 11.4. The van der Waals surface area contributed by atoms with Crippen LogP contribution in [-0.2, 0) is 9.59 Å². The van der Waals surface area contributed by atoms with Crippen LogP contribution in [0.5, 0.6) is 0 Å². The quantitative estimate of drug-likeness (QED) is 0.564.